The molecule has 1 atom stereocenters. The minimum absolute atomic E-state index is 0.121. The van der Waals surface area contributed by atoms with Crippen molar-refractivity contribution in [1.29, 1.82) is 0 Å². The minimum Gasteiger partial charge on any atom is -0.387 e. The predicted molar refractivity (Wildman–Crippen MR) is 81.7 cm³/mol. The van der Waals surface area contributed by atoms with E-state index in [0.29, 0.717) is 6.42 Å². The Labute approximate surface area is 126 Å². The highest BCUT2D eigenvalue weighted by atomic mass is 32.1. The Hall–Kier alpha value is -0.750. The van der Waals surface area contributed by atoms with E-state index in [4.69, 9.17) is 5.11 Å². The normalized spacial score (nSPS) is 16.9. The zero-order chi connectivity index (χ0) is 14.8. The molecule has 0 bridgehead atoms. The molecule has 2 amide bonds. The molecular weight excluding hydrogens is 276 g/mol. The Morgan fingerprint density at radius 1 is 1.20 bits per heavy atom. The lowest BCUT2D eigenvalue weighted by molar-refractivity contribution is -0.130. The maximum Gasteiger partial charge on any atom is 0.246 e. The van der Waals surface area contributed by atoms with E-state index in [-0.39, 0.29) is 11.9 Å². The van der Waals surface area contributed by atoms with Gasteiger partial charge in [-0.3, -0.25) is 9.59 Å². The second-order valence-electron chi connectivity index (χ2n) is 5.34. The Kier molecular flexibility index (Phi) is 8.69. The standard InChI is InChI=1S/C14H26N2O3S/c17-10-13(18)16-12(8-2-1-5-9-20)14(19)15-11-6-3-4-7-11/h11-12,17,20H,1-10H2,(H,15,19)(H,16,18)/t12-/m0/s1. The van der Waals surface area contributed by atoms with Gasteiger partial charge >= 0.3 is 0 Å². The van der Waals surface area contributed by atoms with Crippen LogP contribution in [0, 0.1) is 0 Å². The molecule has 1 aliphatic rings. The van der Waals surface area contributed by atoms with E-state index in [9.17, 15) is 9.59 Å². The molecule has 0 aliphatic heterocycles. The van der Waals surface area contributed by atoms with Gasteiger partial charge in [-0.05, 0) is 31.4 Å². The average Bonchev–Trinajstić information content (AvgIpc) is 2.94. The van der Waals surface area contributed by atoms with Crippen LogP contribution in [0.1, 0.15) is 51.4 Å². The molecule has 0 spiro atoms. The summed E-state index contributed by atoms with van der Waals surface area (Å²) in [6, 6.07) is -0.288. The third-order valence-electron chi connectivity index (χ3n) is 3.65. The number of rotatable bonds is 9. The molecule has 0 aromatic rings. The predicted octanol–water partition coefficient (Wildman–Crippen LogP) is 1.01. The van der Waals surface area contributed by atoms with Gasteiger partial charge in [0.05, 0.1) is 0 Å². The van der Waals surface area contributed by atoms with Crippen LogP contribution in [-0.4, -0.2) is 41.4 Å². The fourth-order valence-electron chi connectivity index (χ4n) is 2.52. The molecule has 0 aromatic carbocycles. The van der Waals surface area contributed by atoms with E-state index in [0.717, 1.165) is 50.7 Å². The summed E-state index contributed by atoms with van der Waals surface area (Å²) in [5.74, 6) is 0.220. The molecule has 1 aliphatic carbocycles. The lowest BCUT2D eigenvalue weighted by Gasteiger charge is -2.20. The van der Waals surface area contributed by atoms with Gasteiger partial charge in [0.1, 0.15) is 12.6 Å². The maximum atomic E-state index is 12.2. The van der Waals surface area contributed by atoms with E-state index in [1.165, 1.54) is 0 Å². The fourth-order valence-corrected chi connectivity index (χ4v) is 2.74. The van der Waals surface area contributed by atoms with E-state index < -0.39 is 18.6 Å². The van der Waals surface area contributed by atoms with Crippen LogP contribution in [0.2, 0.25) is 0 Å². The zero-order valence-corrected chi connectivity index (χ0v) is 12.8. The van der Waals surface area contributed by atoms with Crippen LogP contribution in [-0.2, 0) is 9.59 Å². The van der Waals surface area contributed by atoms with Gasteiger partial charge in [-0.1, -0.05) is 25.7 Å². The second-order valence-corrected chi connectivity index (χ2v) is 5.79. The highest BCUT2D eigenvalue weighted by molar-refractivity contribution is 7.80. The van der Waals surface area contributed by atoms with E-state index in [2.05, 4.69) is 23.3 Å². The molecule has 0 unspecified atom stereocenters. The Morgan fingerprint density at radius 2 is 1.90 bits per heavy atom. The second kappa shape index (κ2) is 10.0. The number of unbranched alkanes of at least 4 members (excludes halogenated alkanes) is 2. The summed E-state index contributed by atoms with van der Waals surface area (Å²) >= 11 is 4.15. The molecule has 20 heavy (non-hydrogen) atoms. The fraction of sp³-hybridized carbons (Fsp3) is 0.857. The summed E-state index contributed by atoms with van der Waals surface area (Å²) in [6.45, 7) is -0.580. The van der Waals surface area contributed by atoms with Crippen LogP contribution in [0.15, 0.2) is 0 Å². The smallest absolute Gasteiger partial charge is 0.246 e. The highest BCUT2D eigenvalue weighted by Gasteiger charge is 2.24. The summed E-state index contributed by atoms with van der Waals surface area (Å²) in [5, 5.41) is 14.4. The first-order valence-corrected chi connectivity index (χ1v) is 8.12. The maximum absolute atomic E-state index is 12.2. The quantitative estimate of drug-likeness (QED) is 0.379. The van der Waals surface area contributed by atoms with Crippen molar-refractivity contribution in [1.82, 2.24) is 10.6 Å². The van der Waals surface area contributed by atoms with Gasteiger partial charge in [0, 0.05) is 6.04 Å². The number of amides is 2. The largest absolute Gasteiger partial charge is 0.387 e. The molecule has 1 saturated carbocycles. The molecule has 1 rings (SSSR count). The third-order valence-corrected chi connectivity index (χ3v) is 3.96. The van der Waals surface area contributed by atoms with Crippen LogP contribution in [0.4, 0.5) is 0 Å². The lowest BCUT2D eigenvalue weighted by atomic mass is 10.1. The zero-order valence-electron chi connectivity index (χ0n) is 11.9. The first-order chi connectivity index (χ1) is 9.67. The summed E-state index contributed by atoms with van der Waals surface area (Å²) in [6.07, 6.45) is 7.83. The Balaban J connectivity index is 2.41. The summed E-state index contributed by atoms with van der Waals surface area (Å²) in [7, 11) is 0. The number of carbonyl (C=O) groups is 2. The van der Waals surface area contributed by atoms with Gasteiger partial charge < -0.3 is 15.7 Å². The number of carbonyl (C=O) groups excluding carboxylic acids is 2. The number of nitrogens with one attached hydrogen (secondary N) is 2. The topological polar surface area (TPSA) is 78.4 Å². The van der Waals surface area contributed by atoms with E-state index >= 15 is 0 Å². The van der Waals surface area contributed by atoms with Crippen molar-refractivity contribution in [3.63, 3.8) is 0 Å². The molecule has 0 saturated heterocycles. The van der Waals surface area contributed by atoms with Gasteiger partial charge in [0.2, 0.25) is 11.8 Å². The molecular formula is C14H26N2O3S. The van der Waals surface area contributed by atoms with Gasteiger partial charge in [-0.15, -0.1) is 0 Å². The summed E-state index contributed by atoms with van der Waals surface area (Å²) in [4.78, 5) is 23.5. The first kappa shape index (κ1) is 17.3. The van der Waals surface area contributed by atoms with Crippen molar-refractivity contribution in [2.24, 2.45) is 0 Å². The van der Waals surface area contributed by atoms with Crippen molar-refractivity contribution in [2.75, 3.05) is 12.4 Å². The van der Waals surface area contributed by atoms with Gasteiger partial charge in [0.25, 0.3) is 0 Å². The molecule has 1 fully saturated rings. The average molecular weight is 302 g/mol. The van der Waals surface area contributed by atoms with Crippen LogP contribution in [0.3, 0.4) is 0 Å². The van der Waals surface area contributed by atoms with E-state index in [1.807, 2.05) is 0 Å². The molecule has 0 aromatic heterocycles. The Morgan fingerprint density at radius 3 is 2.50 bits per heavy atom. The van der Waals surface area contributed by atoms with Crippen LogP contribution in [0.25, 0.3) is 0 Å². The molecule has 5 nitrogen and oxygen atoms in total. The minimum atomic E-state index is -0.580. The van der Waals surface area contributed by atoms with Crippen molar-refractivity contribution in [3.8, 4) is 0 Å². The van der Waals surface area contributed by atoms with Crippen LogP contribution < -0.4 is 10.6 Å². The monoisotopic (exact) mass is 302 g/mol. The van der Waals surface area contributed by atoms with Gasteiger partial charge in [-0.25, -0.2) is 0 Å². The number of aliphatic hydroxyl groups excluding tert-OH is 1. The molecule has 3 N–H and O–H groups in total. The highest BCUT2D eigenvalue weighted by Crippen LogP contribution is 2.18. The number of thiol groups is 1. The Bertz CT molecular complexity index is 307. The van der Waals surface area contributed by atoms with Crippen LogP contribution in [0.5, 0.6) is 0 Å². The summed E-state index contributed by atoms with van der Waals surface area (Å²) in [5.41, 5.74) is 0. The van der Waals surface area contributed by atoms with Gasteiger partial charge in [-0.2, -0.15) is 12.6 Å². The number of hydrogen-bond donors (Lipinski definition) is 4. The lowest BCUT2D eigenvalue weighted by Crippen LogP contribution is -2.49. The van der Waals surface area contributed by atoms with E-state index in [1.54, 1.807) is 0 Å². The third kappa shape index (κ3) is 6.61. The SMILES string of the molecule is O=C(CO)N[C@@H](CCCCCS)C(=O)NC1CCCC1. The molecule has 6 heteroatoms. The van der Waals surface area contributed by atoms with Crippen molar-refractivity contribution in [2.45, 2.75) is 63.5 Å². The molecule has 0 radical (unpaired) electrons. The first-order valence-electron chi connectivity index (χ1n) is 7.49. The van der Waals surface area contributed by atoms with Crippen molar-refractivity contribution < 1.29 is 14.7 Å². The van der Waals surface area contributed by atoms with Crippen molar-refractivity contribution >= 4 is 24.4 Å². The van der Waals surface area contributed by atoms with Gasteiger partial charge in [0.15, 0.2) is 0 Å². The van der Waals surface area contributed by atoms with Crippen LogP contribution >= 0.6 is 12.6 Å². The van der Waals surface area contributed by atoms with Crippen molar-refractivity contribution in [3.05, 3.63) is 0 Å². The molecule has 116 valence electrons. The number of hydrogen-bond acceptors (Lipinski definition) is 4. The molecule has 0 heterocycles. The summed E-state index contributed by atoms with van der Waals surface area (Å²) < 4.78 is 0. The number of aliphatic hydroxyl groups is 1.